The molecular weight excluding hydrogens is 282 g/mol. The van der Waals surface area contributed by atoms with Gasteiger partial charge in [0, 0.05) is 23.8 Å². The highest BCUT2D eigenvalue weighted by Crippen LogP contribution is 2.14. The smallest absolute Gasteiger partial charge is 0.267 e. The van der Waals surface area contributed by atoms with Crippen molar-refractivity contribution < 1.29 is 4.79 Å². The van der Waals surface area contributed by atoms with Crippen LogP contribution in [0.2, 0.25) is 0 Å². The fourth-order valence-corrected chi connectivity index (χ4v) is 2.08. The van der Waals surface area contributed by atoms with Crippen LogP contribution in [0.25, 0.3) is 0 Å². The van der Waals surface area contributed by atoms with Gasteiger partial charge in [-0.15, -0.1) is 0 Å². The summed E-state index contributed by atoms with van der Waals surface area (Å²) >= 11 is 3.39. The van der Waals surface area contributed by atoms with Crippen molar-refractivity contribution in [1.82, 2.24) is 14.8 Å². The van der Waals surface area contributed by atoms with E-state index in [0.29, 0.717) is 12.2 Å². The van der Waals surface area contributed by atoms with Crippen LogP contribution >= 0.6 is 15.9 Å². The van der Waals surface area contributed by atoms with E-state index in [4.69, 9.17) is 0 Å². The van der Waals surface area contributed by atoms with E-state index in [1.54, 1.807) is 0 Å². The summed E-state index contributed by atoms with van der Waals surface area (Å²) < 4.78 is 2.88. The van der Waals surface area contributed by atoms with Crippen LogP contribution in [-0.2, 0) is 6.54 Å². The Labute approximate surface area is 111 Å². The van der Waals surface area contributed by atoms with Crippen molar-refractivity contribution in [3.05, 3.63) is 22.4 Å². The summed E-state index contributed by atoms with van der Waals surface area (Å²) in [5.74, 6) is -0.00342. The Morgan fingerprint density at radius 1 is 1.53 bits per heavy atom. The van der Waals surface area contributed by atoms with Crippen LogP contribution in [-0.4, -0.2) is 42.6 Å². The monoisotopic (exact) mass is 301 g/mol. The van der Waals surface area contributed by atoms with Crippen LogP contribution in [0.1, 0.15) is 23.8 Å². The fraction of sp³-hybridized carbons (Fsp3) is 0.583. The lowest BCUT2D eigenvalue weighted by Gasteiger charge is -2.10. The lowest BCUT2D eigenvalue weighted by atomic mass is 10.3. The van der Waals surface area contributed by atoms with Crippen molar-refractivity contribution in [3.8, 4) is 0 Å². The Morgan fingerprint density at radius 3 is 2.82 bits per heavy atom. The maximum absolute atomic E-state index is 11.9. The molecule has 0 aliphatic carbocycles. The molecule has 1 aromatic heterocycles. The van der Waals surface area contributed by atoms with Gasteiger partial charge in [0.25, 0.3) is 5.91 Å². The zero-order valence-corrected chi connectivity index (χ0v) is 12.2. The molecule has 0 unspecified atom stereocenters. The van der Waals surface area contributed by atoms with E-state index in [1.807, 2.05) is 37.8 Å². The fourth-order valence-electron chi connectivity index (χ4n) is 1.61. The van der Waals surface area contributed by atoms with Crippen LogP contribution in [0.4, 0.5) is 0 Å². The van der Waals surface area contributed by atoms with Gasteiger partial charge in [-0.1, -0.05) is 0 Å². The molecule has 0 radical (unpaired) electrons. The maximum Gasteiger partial charge on any atom is 0.267 e. The minimum atomic E-state index is -0.00342. The van der Waals surface area contributed by atoms with Crippen LogP contribution in [0.15, 0.2) is 16.7 Å². The number of aromatic nitrogens is 1. The summed E-state index contributed by atoms with van der Waals surface area (Å²) in [5.41, 5.74) is 0.712. The van der Waals surface area contributed by atoms with E-state index in [1.165, 1.54) is 0 Å². The summed E-state index contributed by atoms with van der Waals surface area (Å²) in [7, 11) is 4.06. The van der Waals surface area contributed by atoms with Crippen molar-refractivity contribution in [3.63, 3.8) is 0 Å². The number of rotatable bonds is 6. The van der Waals surface area contributed by atoms with Gasteiger partial charge in [0.1, 0.15) is 5.69 Å². The second-order valence-corrected chi connectivity index (χ2v) is 5.16. The number of halogens is 1. The quantitative estimate of drug-likeness (QED) is 0.816. The van der Waals surface area contributed by atoms with Gasteiger partial charge in [-0.05, 0) is 56.0 Å². The number of nitrogens with zero attached hydrogens (tertiary/aromatic N) is 2. The van der Waals surface area contributed by atoms with Crippen LogP contribution < -0.4 is 5.32 Å². The van der Waals surface area contributed by atoms with Crippen molar-refractivity contribution in [2.75, 3.05) is 27.2 Å². The number of hydrogen-bond acceptors (Lipinski definition) is 2. The van der Waals surface area contributed by atoms with E-state index in [2.05, 4.69) is 26.1 Å². The van der Waals surface area contributed by atoms with Crippen molar-refractivity contribution in [2.45, 2.75) is 19.9 Å². The molecule has 5 heteroatoms. The molecule has 0 saturated heterocycles. The van der Waals surface area contributed by atoms with Gasteiger partial charge < -0.3 is 14.8 Å². The molecule has 1 rings (SSSR count). The van der Waals surface area contributed by atoms with E-state index in [9.17, 15) is 4.79 Å². The molecule has 17 heavy (non-hydrogen) atoms. The zero-order valence-electron chi connectivity index (χ0n) is 10.7. The molecule has 96 valence electrons. The van der Waals surface area contributed by atoms with Gasteiger partial charge in [-0.2, -0.15) is 0 Å². The third-order valence-electron chi connectivity index (χ3n) is 2.50. The first-order chi connectivity index (χ1) is 8.04. The number of amides is 1. The number of carbonyl (C=O) groups is 1. The number of carbonyl (C=O) groups excluding carboxylic acids is 1. The Morgan fingerprint density at radius 2 is 2.24 bits per heavy atom. The van der Waals surface area contributed by atoms with Crippen LogP contribution in [0, 0.1) is 0 Å². The highest BCUT2D eigenvalue weighted by molar-refractivity contribution is 9.10. The minimum absolute atomic E-state index is 0.00342. The second-order valence-electron chi connectivity index (χ2n) is 4.24. The van der Waals surface area contributed by atoms with Gasteiger partial charge in [0.15, 0.2) is 0 Å². The predicted molar refractivity (Wildman–Crippen MR) is 73.3 cm³/mol. The molecule has 0 bridgehead atoms. The van der Waals surface area contributed by atoms with Crippen molar-refractivity contribution in [2.24, 2.45) is 0 Å². The molecule has 4 nitrogen and oxygen atoms in total. The SMILES string of the molecule is CCn1cc(Br)cc1C(=O)NCCCN(C)C. The number of aryl methyl sites for hydroxylation is 1. The predicted octanol–water partition coefficient (Wildman–Crippen LogP) is 1.95. The molecule has 0 atom stereocenters. The van der Waals surface area contributed by atoms with E-state index in [0.717, 1.165) is 24.0 Å². The largest absolute Gasteiger partial charge is 0.351 e. The Hall–Kier alpha value is -0.810. The average molecular weight is 302 g/mol. The lowest BCUT2D eigenvalue weighted by Crippen LogP contribution is -2.28. The normalized spacial score (nSPS) is 10.9. The van der Waals surface area contributed by atoms with Crippen molar-refractivity contribution in [1.29, 1.82) is 0 Å². The first kappa shape index (κ1) is 14.3. The third-order valence-corrected chi connectivity index (χ3v) is 2.94. The zero-order chi connectivity index (χ0) is 12.8. The first-order valence-electron chi connectivity index (χ1n) is 5.83. The molecule has 0 aliphatic heterocycles. The minimum Gasteiger partial charge on any atom is -0.351 e. The van der Waals surface area contributed by atoms with Crippen LogP contribution in [0.5, 0.6) is 0 Å². The molecular formula is C12H20BrN3O. The van der Waals surface area contributed by atoms with Gasteiger partial charge in [0.2, 0.25) is 0 Å². The maximum atomic E-state index is 11.9. The highest BCUT2D eigenvalue weighted by atomic mass is 79.9. The van der Waals surface area contributed by atoms with Gasteiger partial charge in [-0.3, -0.25) is 4.79 Å². The molecule has 1 aromatic rings. The van der Waals surface area contributed by atoms with Crippen LogP contribution in [0.3, 0.4) is 0 Å². The summed E-state index contributed by atoms with van der Waals surface area (Å²) in [4.78, 5) is 14.0. The molecule has 0 spiro atoms. The Kier molecular flexibility index (Phi) is 5.71. The van der Waals surface area contributed by atoms with Gasteiger partial charge in [0.05, 0.1) is 0 Å². The second kappa shape index (κ2) is 6.81. The van der Waals surface area contributed by atoms with Gasteiger partial charge >= 0.3 is 0 Å². The summed E-state index contributed by atoms with van der Waals surface area (Å²) in [6, 6.07) is 1.85. The molecule has 0 fully saturated rings. The lowest BCUT2D eigenvalue weighted by molar-refractivity contribution is 0.0943. The topological polar surface area (TPSA) is 37.3 Å². The molecule has 0 aliphatic rings. The summed E-state index contributed by atoms with van der Waals surface area (Å²) in [6.45, 7) is 4.52. The van der Waals surface area contributed by atoms with E-state index < -0.39 is 0 Å². The first-order valence-corrected chi connectivity index (χ1v) is 6.62. The number of nitrogens with one attached hydrogen (secondary N) is 1. The average Bonchev–Trinajstić information content (AvgIpc) is 2.65. The molecule has 0 aromatic carbocycles. The molecule has 1 N–H and O–H groups in total. The molecule has 0 saturated carbocycles. The summed E-state index contributed by atoms with van der Waals surface area (Å²) in [6.07, 6.45) is 2.89. The van der Waals surface area contributed by atoms with Crippen molar-refractivity contribution >= 4 is 21.8 Å². The van der Waals surface area contributed by atoms with Gasteiger partial charge in [-0.25, -0.2) is 0 Å². The Balaban J connectivity index is 2.46. The number of hydrogen-bond donors (Lipinski definition) is 1. The van der Waals surface area contributed by atoms with E-state index in [-0.39, 0.29) is 5.91 Å². The Bertz CT molecular complexity index is 374. The molecule has 1 amide bonds. The summed E-state index contributed by atoms with van der Waals surface area (Å²) in [5, 5.41) is 2.94. The van der Waals surface area contributed by atoms with E-state index >= 15 is 0 Å². The third kappa shape index (κ3) is 4.52. The standard InChI is InChI=1S/C12H20BrN3O/c1-4-16-9-10(13)8-11(16)12(17)14-6-5-7-15(2)3/h8-9H,4-7H2,1-3H3,(H,14,17). The molecule has 1 heterocycles. The highest BCUT2D eigenvalue weighted by Gasteiger charge is 2.11.